The number of amides is 2. The molecule has 3 aliphatic rings. The van der Waals surface area contributed by atoms with Gasteiger partial charge in [0.15, 0.2) is 0 Å². The van der Waals surface area contributed by atoms with Gasteiger partial charge in [0, 0.05) is 13.0 Å². The van der Waals surface area contributed by atoms with E-state index >= 15 is 0 Å². The highest BCUT2D eigenvalue weighted by Gasteiger charge is 2.55. The van der Waals surface area contributed by atoms with E-state index < -0.39 is 18.1 Å². The van der Waals surface area contributed by atoms with Crippen molar-refractivity contribution in [2.24, 2.45) is 0 Å². The van der Waals surface area contributed by atoms with Crippen molar-refractivity contribution in [2.75, 3.05) is 7.11 Å². The van der Waals surface area contributed by atoms with Crippen molar-refractivity contribution >= 4 is 49.6 Å². The molecule has 1 saturated heterocycles. The Kier molecular flexibility index (Phi) is 8.54. The summed E-state index contributed by atoms with van der Waals surface area (Å²) in [6, 6.07) is 16.4. The molecular formula is C25H26Br2N2O5. The number of halogens is 2. The van der Waals surface area contributed by atoms with Gasteiger partial charge in [0.2, 0.25) is 5.91 Å². The summed E-state index contributed by atoms with van der Waals surface area (Å²) >= 11 is 7.36. The van der Waals surface area contributed by atoms with Crippen LogP contribution in [0.2, 0.25) is 0 Å². The molecule has 7 nitrogen and oxygen atoms in total. The van der Waals surface area contributed by atoms with Crippen molar-refractivity contribution in [2.45, 2.75) is 42.5 Å². The summed E-state index contributed by atoms with van der Waals surface area (Å²) in [4.78, 5) is 37.6. The number of ether oxygens (including phenoxy) is 2. The van der Waals surface area contributed by atoms with Crippen LogP contribution in [0.15, 0.2) is 65.9 Å². The van der Waals surface area contributed by atoms with E-state index in [1.807, 2.05) is 54.6 Å². The first-order valence-corrected chi connectivity index (χ1v) is 12.5. The number of hydrogen-bond acceptors (Lipinski definition) is 5. The van der Waals surface area contributed by atoms with Crippen molar-refractivity contribution in [3.05, 3.63) is 71.4 Å². The minimum Gasteiger partial charge on any atom is -0.464 e. The van der Waals surface area contributed by atoms with E-state index in [0.29, 0.717) is 5.57 Å². The maximum atomic E-state index is 12.8. The Hall–Kier alpha value is -2.65. The van der Waals surface area contributed by atoms with Gasteiger partial charge >= 0.3 is 5.97 Å². The second kappa shape index (κ2) is 11.2. The molecule has 5 rings (SSSR count). The van der Waals surface area contributed by atoms with Crippen molar-refractivity contribution in [3.8, 4) is 11.5 Å². The molecule has 3 heterocycles. The third-order valence-electron chi connectivity index (χ3n) is 5.36. The van der Waals surface area contributed by atoms with Gasteiger partial charge in [0.1, 0.15) is 23.2 Å². The summed E-state index contributed by atoms with van der Waals surface area (Å²) in [7, 11) is 1.28. The lowest BCUT2D eigenvalue weighted by atomic mass is 9.87. The molecule has 180 valence electrons. The van der Waals surface area contributed by atoms with E-state index in [4.69, 9.17) is 9.47 Å². The first-order valence-electron chi connectivity index (χ1n) is 10.6. The fraction of sp³-hybridized carbons (Fsp3) is 0.320. The van der Waals surface area contributed by atoms with Gasteiger partial charge < -0.3 is 14.8 Å². The Morgan fingerprint density at radius 2 is 1.62 bits per heavy atom. The van der Waals surface area contributed by atoms with Crippen LogP contribution in [0.5, 0.6) is 11.5 Å². The van der Waals surface area contributed by atoms with Crippen molar-refractivity contribution < 1.29 is 23.9 Å². The largest absolute Gasteiger partial charge is 0.464 e. The maximum absolute atomic E-state index is 12.8. The Balaban J connectivity index is 0.000000387. The number of carbonyl (C=O) groups excluding carboxylic acids is 3. The number of fused-ring (bicyclic) bond motifs is 2. The Bertz CT molecular complexity index is 1080. The van der Waals surface area contributed by atoms with Gasteiger partial charge in [-0.25, -0.2) is 4.79 Å². The van der Waals surface area contributed by atoms with Gasteiger partial charge in [-0.05, 0) is 37.1 Å². The van der Waals surface area contributed by atoms with Crippen LogP contribution in [0.25, 0.3) is 0 Å². The molecule has 2 aromatic carbocycles. The van der Waals surface area contributed by atoms with Crippen LogP contribution in [0.4, 0.5) is 0 Å². The van der Waals surface area contributed by atoms with Crippen molar-refractivity contribution in [3.63, 3.8) is 0 Å². The Morgan fingerprint density at radius 1 is 1.03 bits per heavy atom. The molecule has 2 aromatic rings. The molecule has 0 spiro atoms. The topological polar surface area (TPSA) is 84.9 Å². The lowest BCUT2D eigenvalue weighted by Crippen LogP contribution is -2.73. The van der Waals surface area contributed by atoms with Crippen LogP contribution in [-0.4, -0.2) is 46.7 Å². The molecule has 1 fully saturated rings. The number of rotatable bonds is 6. The molecule has 34 heavy (non-hydrogen) atoms. The van der Waals surface area contributed by atoms with Crippen LogP contribution in [0.1, 0.15) is 31.2 Å². The third-order valence-corrected chi connectivity index (χ3v) is 8.24. The van der Waals surface area contributed by atoms with E-state index in [0.717, 1.165) is 17.1 Å². The quantitative estimate of drug-likeness (QED) is 0.191. The number of esters is 1. The molecule has 0 saturated carbocycles. The van der Waals surface area contributed by atoms with Gasteiger partial charge in [0.25, 0.3) is 5.91 Å². The second-order valence-electron chi connectivity index (χ2n) is 8.05. The summed E-state index contributed by atoms with van der Waals surface area (Å²) in [6.07, 6.45) is 0. The van der Waals surface area contributed by atoms with Crippen molar-refractivity contribution in [1.29, 1.82) is 0 Å². The summed E-state index contributed by atoms with van der Waals surface area (Å²) in [5.74, 6) is 0.740. The normalized spacial score (nSPS) is 19.1. The van der Waals surface area contributed by atoms with Crippen molar-refractivity contribution in [1.82, 2.24) is 10.2 Å². The summed E-state index contributed by atoms with van der Waals surface area (Å²) in [5.41, 5.74) is 1.87. The van der Waals surface area contributed by atoms with Gasteiger partial charge in [-0.3, -0.25) is 14.5 Å². The van der Waals surface area contributed by atoms with Crippen LogP contribution < -0.4 is 10.1 Å². The maximum Gasteiger partial charge on any atom is 0.354 e. The fourth-order valence-electron chi connectivity index (χ4n) is 3.77. The summed E-state index contributed by atoms with van der Waals surface area (Å²) in [6.45, 7) is 4.85. The number of β-lactam (4-membered cyclic amide) rings is 1. The second-order valence-corrected chi connectivity index (χ2v) is 10.1. The molecule has 0 aliphatic carbocycles. The number of likely N-dealkylation sites (tertiary alicyclic amines) is 1. The summed E-state index contributed by atoms with van der Waals surface area (Å²) in [5, 5.41) is 2.69. The molecule has 3 aliphatic heterocycles. The highest BCUT2D eigenvalue weighted by molar-refractivity contribution is 9.12. The highest BCUT2D eigenvalue weighted by atomic mass is 79.9. The number of benzene rings is 2. The van der Waals surface area contributed by atoms with Gasteiger partial charge in [-0.1, -0.05) is 68.3 Å². The fourth-order valence-corrected chi connectivity index (χ4v) is 5.24. The van der Waals surface area contributed by atoms with E-state index in [9.17, 15) is 14.4 Å². The zero-order valence-corrected chi connectivity index (χ0v) is 22.4. The molecule has 2 amide bonds. The zero-order valence-electron chi connectivity index (χ0n) is 19.2. The number of nitrogens with zero attached hydrogens (tertiary/aromatic N) is 1. The predicted molar refractivity (Wildman–Crippen MR) is 136 cm³/mol. The monoisotopic (exact) mass is 592 g/mol. The number of carbonyl (C=O) groups is 3. The van der Waals surface area contributed by atoms with Crippen LogP contribution >= 0.6 is 31.9 Å². The smallest absolute Gasteiger partial charge is 0.354 e. The molecule has 0 aromatic heterocycles. The summed E-state index contributed by atoms with van der Waals surface area (Å²) < 4.78 is 9.87. The number of allylic oxidation sites excluding steroid dienone is 1. The van der Waals surface area contributed by atoms with Crippen LogP contribution in [0, 0.1) is 0 Å². The highest BCUT2D eigenvalue weighted by Crippen LogP contribution is 2.41. The Labute approximate surface area is 215 Å². The molecular weight excluding hydrogens is 568 g/mol. The molecule has 1 N–H and O–H groups in total. The van der Waals surface area contributed by atoms with Gasteiger partial charge in [-0.2, -0.15) is 0 Å². The van der Waals surface area contributed by atoms with E-state index in [1.54, 1.807) is 13.8 Å². The SMILES string of the molecule is COC(=O)C(=C(C)C)N1C(=O)C(NC(C)=O)C1C(Br)C(Br)c1ccccc1.c1cc2cc(c1)O2. The van der Waals surface area contributed by atoms with Crippen LogP contribution in [-0.2, 0) is 19.1 Å². The zero-order chi connectivity index (χ0) is 25.0. The first kappa shape index (κ1) is 26.0. The lowest BCUT2D eigenvalue weighted by molar-refractivity contribution is -0.155. The molecule has 0 radical (unpaired) electrons. The average Bonchev–Trinajstić information content (AvgIpc) is 2.82. The van der Waals surface area contributed by atoms with E-state index in [1.165, 1.54) is 18.9 Å². The Morgan fingerprint density at radius 3 is 2.03 bits per heavy atom. The third kappa shape index (κ3) is 5.52. The number of alkyl halides is 2. The lowest BCUT2D eigenvalue weighted by Gasteiger charge is -2.50. The minimum absolute atomic E-state index is 0.147. The standard InChI is InChI=1S/C19H22Br2N2O4.C6H4O/c1-10(2)16(19(26)27-4)23-17(15(18(23)25)22-11(3)24)14(21)13(20)12-8-6-5-7-9-12;1-2-5-4-6(3-1)7-5/h5-9,13-15,17H,1-4H3,(H,22,24);1-4H. The predicted octanol–water partition coefficient (Wildman–Crippen LogP) is 4.86. The average molecular weight is 594 g/mol. The van der Waals surface area contributed by atoms with Gasteiger partial charge in [0.05, 0.1) is 22.8 Å². The molecule has 9 heteroatoms. The minimum atomic E-state index is -0.727. The van der Waals surface area contributed by atoms with E-state index in [-0.39, 0.29) is 27.2 Å². The molecule has 4 unspecified atom stereocenters. The number of hydrogen-bond donors (Lipinski definition) is 1. The van der Waals surface area contributed by atoms with Gasteiger partial charge in [-0.15, -0.1) is 0 Å². The first-order chi connectivity index (χ1) is 16.1. The van der Waals surface area contributed by atoms with Crippen LogP contribution in [0.3, 0.4) is 0 Å². The number of methoxy groups -OCH3 is 1. The van der Waals surface area contributed by atoms with E-state index in [2.05, 4.69) is 37.2 Å². The molecule has 4 atom stereocenters. The number of nitrogens with one attached hydrogen (secondary N) is 1. The molecule has 2 bridgehead atoms.